The van der Waals surface area contributed by atoms with Crippen LogP contribution >= 0.6 is 0 Å². The number of anilines is 2. The molecule has 1 aliphatic heterocycles. The average molecular weight is 347 g/mol. The van der Waals surface area contributed by atoms with Crippen LogP contribution < -0.4 is 15.5 Å². The maximum absolute atomic E-state index is 12.3. The third-order valence-corrected chi connectivity index (χ3v) is 4.04. The summed E-state index contributed by atoms with van der Waals surface area (Å²) in [6, 6.07) is 5.33. The topological polar surface area (TPSA) is 98.7 Å². The highest BCUT2D eigenvalue weighted by atomic mass is 16.3. The van der Waals surface area contributed by atoms with Crippen molar-refractivity contribution in [1.82, 2.24) is 5.32 Å². The summed E-state index contributed by atoms with van der Waals surface area (Å²) in [5.74, 6) is -1.47. The molecular formula is C18H25N3O4. The molecule has 0 aliphatic carbocycles. The lowest BCUT2D eigenvalue weighted by Gasteiger charge is -2.31. The number of nitrogens with one attached hydrogen (secondary N) is 2. The van der Waals surface area contributed by atoms with Gasteiger partial charge in [-0.15, -0.1) is 0 Å². The lowest BCUT2D eigenvalue weighted by molar-refractivity contribution is -0.136. The largest absolute Gasteiger partial charge is 0.396 e. The Morgan fingerprint density at radius 3 is 2.68 bits per heavy atom. The van der Waals surface area contributed by atoms with Crippen LogP contribution in [-0.4, -0.2) is 42.5 Å². The fourth-order valence-corrected chi connectivity index (χ4v) is 2.76. The van der Waals surface area contributed by atoms with Crippen molar-refractivity contribution < 1.29 is 19.5 Å². The lowest BCUT2D eigenvalue weighted by Crippen LogP contribution is -2.38. The molecule has 0 saturated carbocycles. The van der Waals surface area contributed by atoms with Crippen molar-refractivity contribution in [2.24, 2.45) is 5.92 Å². The van der Waals surface area contributed by atoms with E-state index in [1.165, 1.54) is 0 Å². The number of carbonyl (C=O) groups excluding carboxylic acids is 3. The maximum atomic E-state index is 12.3. The van der Waals surface area contributed by atoms with Crippen LogP contribution in [0.25, 0.3) is 0 Å². The average Bonchev–Trinajstić information content (AvgIpc) is 2.60. The number of rotatable bonds is 5. The normalized spacial score (nSPS) is 13.4. The number of benzene rings is 1. The standard InChI is InChI=1S/C18H25N3O4/c1-12(2)18(25)21-9-3-5-13-11-14(6-7-15(13)21)20-17(24)16(23)19-8-4-10-22/h6-7,11-12,22H,3-5,8-10H2,1-2H3,(H,19,23)(H,20,24). The van der Waals surface area contributed by atoms with Crippen LogP contribution in [0.15, 0.2) is 18.2 Å². The zero-order valence-electron chi connectivity index (χ0n) is 14.7. The Morgan fingerprint density at radius 2 is 2.00 bits per heavy atom. The van der Waals surface area contributed by atoms with Gasteiger partial charge < -0.3 is 20.6 Å². The van der Waals surface area contributed by atoms with Gasteiger partial charge >= 0.3 is 11.8 Å². The van der Waals surface area contributed by atoms with Crippen molar-refractivity contribution in [3.8, 4) is 0 Å². The van der Waals surface area contributed by atoms with Gasteiger partial charge in [0.2, 0.25) is 5.91 Å². The minimum absolute atomic E-state index is 0.0433. The maximum Gasteiger partial charge on any atom is 0.313 e. The molecule has 0 atom stereocenters. The molecule has 3 amide bonds. The summed E-state index contributed by atoms with van der Waals surface area (Å²) in [4.78, 5) is 37.7. The number of aliphatic hydroxyl groups excluding tert-OH is 1. The molecule has 2 rings (SSSR count). The van der Waals surface area contributed by atoms with Crippen LogP contribution in [0.5, 0.6) is 0 Å². The van der Waals surface area contributed by atoms with Gasteiger partial charge in [-0.2, -0.15) is 0 Å². The van der Waals surface area contributed by atoms with E-state index in [1.54, 1.807) is 11.0 Å². The summed E-state index contributed by atoms with van der Waals surface area (Å²) < 4.78 is 0. The van der Waals surface area contributed by atoms with Gasteiger partial charge in [0.05, 0.1) is 0 Å². The third kappa shape index (κ3) is 4.79. The highest BCUT2D eigenvalue weighted by Gasteiger charge is 2.24. The van der Waals surface area contributed by atoms with Crippen LogP contribution in [0.4, 0.5) is 11.4 Å². The molecule has 136 valence electrons. The van der Waals surface area contributed by atoms with Crippen LogP contribution in [0, 0.1) is 5.92 Å². The third-order valence-electron chi connectivity index (χ3n) is 4.04. The van der Waals surface area contributed by atoms with Crippen molar-refractivity contribution >= 4 is 29.1 Å². The SMILES string of the molecule is CC(C)C(=O)N1CCCc2cc(NC(=O)C(=O)NCCCO)ccc21. The smallest absolute Gasteiger partial charge is 0.313 e. The second kappa shape index (κ2) is 8.62. The summed E-state index contributed by atoms with van der Waals surface area (Å²) >= 11 is 0. The lowest BCUT2D eigenvalue weighted by atomic mass is 9.99. The Morgan fingerprint density at radius 1 is 1.24 bits per heavy atom. The molecule has 0 fully saturated rings. The number of hydrogen-bond donors (Lipinski definition) is 3. The molecule has 0 unspecified atom stereocenters. The van der Waals surface area contributed by atoms with Gasteiger partial charge in [0, 0.05) is 37.0 Å². The molecule has 1 heterocycles. The van der Waals surface area contributed by atoms with Gasteiger partial charge in [0.1, 0.15) is 0 Å². The Balaban J connectivity index is 2.06. The summed E-state index contributed by atoms with van der Waals surface area (Å²) in [5.41, 5.74) is 2.38. The molecule has 1 aromatic rings. The molecule has 25 heavy (non-hydrogen) atoms. The predicted octanol–water partition coefficient (Wildman–Crippen LogP) is 1.06. The van der Waals surface area contributed by atoms with Crippen molar-refractivity contribution in [3.63, 3.8) is 0 Å². The zero-order valence-corrected chi connectivity index (χ0v) is 14.7. The van der Waals surface area contributed by atoms with Crippen LogP contribution in [0.1, 0.15) is 32.3 Å². The monoisotopic (exact) mass is 347 g/mol. The van der Waals surface area contributed by atoms with Crippen molar-refractivity contribution in [1.29, 1.82) is 0 Å². The summed E-state index contributed by atoms with van der Waals surface area (Å²) in [5, 5.41) is 13.7. The van der Waals surface area contributed by atoms with E-state index in [0.717, 1.165) is 24.1 Å². The Kier molecular flexibility index (Phi) is 6.52. The van der Waals surface area contributed by atoms with Gasteiger partial charge in [-0.05, 0) is 43.0 Å². The molecule has 7 nitrogen and oxygen atoms in total. The molecular weight excluding hydrogens is 322 g/mol. The van der Waals surface area contributed by atoms with E-state index in [1.807, 2.05) is 26.0 Å². The number of hydrogen-bond acceptors (Lipinski definition) is 4. The first-order valence-corrected chi connectivity index (χ1v) is 8.58. The van der Waals surface area contributed by atoms with Gasteiger partial charge in [-0.3, -0.25) is 14.4 Å². The van der Waals surface area contributed by atoms with Crippen LogP contribution in [0.3, 0.4) is 0 Å². The van der Waals surface area contributed by atoms with Crippen molar-refractivity contribution in [2.75, 3.05) is 29.9 Å². The van der Waals surface area contributed by atoms with Crippen LogP contribution in [-0.2, 0) is 20.8 Å². The fraction of sp³-hybridized carbons (Fsp3) is 0.500. The molecule has 0 saturated heterocycles. The van der Waals surface area contributed by atoms with E-state index in [4.69, 9.17) is 5.11 Å². The van der Waals surface area contributed by atoms with Gasteiger partial charge in [0.15, 0.2) is 0 Å². The van der Waals surface area contributed by atoms with E-state index in [9.17, 15) is 14.4 Å². The Bertz CT molecular complexity index is 658. The summed E-state index contributed by atoms with van der Waals surface area (Å²) in [7, 11) is 0. The number of nitrogens with zero attached hydrogens (tertiary/aromatic N) is 1. The summed E-state index contributed by atoms with van der Waals surface area (Å²) in [6.07, 6.45) is 2.09. The van der Waals surface area contributed by atoms with Crippen molar-refractivity contribution in [2.45, 2.75) is 33.1 Å². The summed E-state index contributed by atoms with van der Waals surface area (Å²) in [6.45, 7) is 4.65. The van der Waals surface area contributed by atoms with E-state index < -0.39 is 11.8 Å². The molecule has 7 heteroatoms. The number of carbonyl (C=O) groups is 3. The van der Waals surface area contributed by atoms with Crippen molar-refractivity contribution in [3.05, 3.63) is 23.8 Å². The predicted molar refractivity (Wildman–Crippen MR) is 95.3 cm³/mol. The van der Waals surface area contributed by atoms with Gasteiger partial charge in [-0.1, -0.05) is 13.8 Å². The Hall–Kier alpha value is -2.41. The second-order valence-electron chi connectivity index (χ2n) is 6.38. The molecule has 0 aromatic heterocycles. The first kappa shape index (κ1) is 18.9. The number of aliphatic hydroxyl groups is 1. The van der Waals surface area contributed by atoms with E-state index in [0.29, 0.717) is 18.7 Å². The second-order valence-corrected chi connectivity index (χ2v) is 6.38. The molecule has 1 aliphatic rings. The van der Waals surface area contributed by atoms with E-state index >= 15 is 0 Å². The molecule has 1 aromatic carbocycles. The first-order valence-electron chi connectivity index (χ1n) is 8.58. The molecule has 0 spiro atoms. The minimum Gasteiger partial charge on any atom is -0.396 e. The highest BCUT2D eigenvalue weighted by Crippen LogP contribution is 2.30. The fourth-order valence-electron chi connectivity index (χ4n) is 2.76. The number of aryl methyl sites for hydroxylation is 1. The molecule has 0 radical (unpaired) electrons. The van der Waals surface area contributed by atoms with E-state index in [-0.39, 0.29) is 25.0 Å². The number of fused-ring (bicyclic) bond motifs is 1. The first-order chi connectivity index (χ1) is 11.9. The van der Waals surface area contributed by atoms with E-state index in [2.05, 4.69) is 10.6 Å². The van der Waals surface area contributed by atoms with Crippen LogP contribution in [0.2, 0.25) is 0 Å². The molecule has 0 bridgehead atoms. The van der Waals surface area contributed by atoms with Gasteiger partial charge in [-0.25, -0.2) is 0 Å². The quantitative estimate of drug-likeness (QED) is 0.548. The zero-order chi connectivity index (χ0) is 18.4. The van der Waals surface area contributed by atoms with Gasteiger partial charge in [0.25, 0.3) is 0 Å². The minimum atomic E-state index is -0.746. The number of amides is 3. The Labute approximate surface area is 147 Å². The molecule has 3 N–H and O–H groups in total. The highest BCUT2D eigenvalue weighted by molar-refractivity contribution is 6.39.